The van der Waals surface area contributed by atoms with E-state index in [1.807, 2.05) is 0 Å². The Morgan fingerprint density at radius 2 is 0.958 bits per heavy atom. The largest absolute Gasteiger partial charge is 0.0783 e. The first-order valence-corrected chi connectivity index (χ1v) is 19.6. The standard InChI is InChI=1S/C21H34Si3/c1-22(2,3)18-15-19(23(4,5)6)21(17-13-11-10-12-14-17)20(16-18)24(7,8)9/h10-16H,1-9H3. The fourth-order valence-corrected chi connectivity index (χ4v) is 7.98. The molecule has 0 saturated carbocycles. The van der Waals surface area contributed by atoms with Gasteiger partial charge in [-0.15, -0.1) is 0 Å². The molecule has 0 aliphatic rings. The van der Waals surface area contributed by atoms with Gasteiger partial charge in [0, 0.05) is 0 Å². The SMILES string of the molecule is C[Si](C)(C)c1cc([Si](C)(C)C)c(-c2ccccc2)c([Si](C)(C)C)c1. The maximum absolute atomic E-state index is 2.59. The number of hydrogen-bond acceptors (Lipinski definition) is 0. The Morgan fingerprint density at radius 1 is 0.542 bits per heavy atom. The van der Waals surface area contributed by atoms with Gasteiger partial charge in [-0.2, -0.15) is 0 Å². The molecule has 0 heterocycles. The summed E-state index contributed by atoms with van der Waals surface area (Å²) in [5.41, 5.74) is 2.98. The second-order valence-corrected chi connectivity index (χ2v) is 25.2. The molecular weight excluding hydrogens is 336 g/mol. The Hall–Kier alpha value is -0.909. The molecule has 0 fully saturated rings. The second kappa shape index (κ2) is 6.43. The molecule has 0 aliphatic heterocycles. The molecule has 0 saturated heterocycles. The van der Waals surface area contributed by atoms with Gasteiger partial charge >= 0.3 is 0 Å². The smallest absolute Gasteiger partial charge is 0.0656 e. The van der Waals surface area contributed by atoms with Crippen LogP contribution >= 0.6 is 0 Å². The molecule has 0 N–H and O–H groups in total. The van der Waals surface area contributed by atoms with Crippen LogP contribution in [0, 0.1) is 0 Å². The van der Waals surface area contributed by atoms with Crippen molar-refractivity contribution in [3.8, 4) is 11.1 Å². The van der Waals surface area contributed by atoms with Crippen molar-refractivity contribution >= 4 is 39.8 Å². The zero-order valence-corrected chi connectivity index (χ0v) is 20.0. The van der Waals surface area contributed by atoms with Crippen molar-refractivity contribution < 1.29 is 0 Å². The van der Waals surface area contributed by atoms with E-state index in [1.165, 1.54) is 5.56 Å². The third-order valence-electron chi connectivity index (χ3n) is 4.68. The number of benzene rings is 2. The van der Waals surface area contributed by atoms with Gasteiger partial charge in [0.1, 0.15) is 0 Å². The van der Waals surface area contributed by atoms with Crippen LogP contribution in [0.3, 0.4) is 0 Å². The van der Waals surface area contributed by atoms with Gasteiger partial charge in [0.15, 0.2) is 0 Å². The molecule has 130 valence electrons. The Kier molecular flexibility index (Phi) is 5.20. The molecule has 0 nitrogen and oxygen atoms in total. The van der Waals surface area contributed by atoms with Crippen molar-refractivity contribution in [2.75, 3.05) is 0 Å². The molecule has 2 aromatic carbocycles. The molecule has 0 atom stereocenters. The van der Waals surface area contributed by atoms with Crippen LogP contribution in [0.15, 0.2) is 42.5 Å². The van der Waals surface area contributed by atoms with Crippen molar-refractivity contribution in [1.82, 2.24) is 0 Å². The molecule has 0 amide bonds. The van der Waals surface area contributed by atoms with Gasteiger partial charge in [0.25, 0.3) is 0 Å². The summed E-state index contributed by atoms with van der Waals surface area (Å²) < 4.78 is 0. The van der Waals surface area contributed by atoms with Crippen molar-refractivity contribution in [2.45, 2.75) is 58.9 Å². The highest BCUT2D eigenvalue weighted by atomic mass is 28.3. The quantitative estimate of drug-likeness (QED) is 0.665. The molecule has 0 aliphatic carbocycles. The molecule has 0 aromatic heterocycles. The maximum atomic E-state index is 2.59. The van der Waals surface area contributed by atoms with Crippen LogP contribution in [-0.4, -0.2) is 24.2 Å². The number of hydrogen-bond donors (Lipinski definition) is 0. The molecule has 2 aromatic rings. The van der Waals surface area contributed by atoms with Crippen molar-refractivity contribution in [1.29, 1.82) is 0 Å². The van der Waals surface area contributed by atoms with E-state index in [9.17, 15) is 0 Å². The molecule has 0 spiro atoms. The van der Waals surface area contributed by atoms with E-state index in [4.69, 9.17) is 0 Å². The van der Waals surface area contributed by atoms with E-state index >= 15 is 0 Å². The predicted molar refractivity (Wildman–Crippen MR) is 121 cm³/mol. The third-order valence-corrected chi connectivity index (χ3v) is 10.7. The van der Waals surface area contributed by atoms with Crippen LogP contribution in [0.2, 0.25) is 58.9 Å². The lowest BCUT2D eigenvalue weighted by Crippen LogP contribution is -2.53. The highest BCUT2D eigenvalue weighted by molar-refractivity contribution is 6.95. The lowest BCUT2D eigenvalue weighted by molar-refractivity contribution is 1.61. The van der Waals surface area contributed by atoms with Gasteiger partial charge in [-0.1, -0.05) is 117 Å². The summed E-state index contributed by atoms with van der Waals surface area (Å²) >= 11 is 0. The lowest BCUT2D eigenvalue weighted by atomic mass is 10.1. The predicted octanol–water partition coefficient (Wildman–Crippen LogP) is 4.99. The normalized spacial score (nSPS) is 13.2. The Morgan fingerprint density at radius 3 is 1.29 bits per heavy atom. The van der Waals surface area contributed by atoms with Gasteiger partial charge < -0.3 is 0 Å². The second-order valence-electron chi connectivity index (χ2n) is 10.1. The summed E-state index contributed by atoms with van der Waals surface area (Å²) in [5.74, 6) is 0. The van der Waals surface area contributed by atoms with Crippen LogP contribution in [0.5, 0.6) is 0 Å². The summed E-state index contributed by atoms with van der Waals surface area (Å²) in [6.45, 7) is 22.4. The monoisotopic (exact) mass is 370 g/mol. The fourth-order valence-electron chi connectivity index (χ4n) is 3.17. The van der Waals surface area contributed by atoms with E-state index < -0.39 is 24.2 Å². The first kappa shape index (κ1) is 19.4. The third kappa shape index (κ3) is 4.19. The van der Waals surface area contributed by atoms with Gasteiger partial charge in [-0.25, -0.2) is 0 Å². The van der Waals surface area contributed by atoms with Gasteiger partial charge in [0.2, 0.25) is 0 Å². The minimum atomic E-state index is -1.44. The van der Waals surface area contributed by atoms with Gasteiger partial charge in [-0.05, 0) is 11.1 Å². The van der Waals surface area contributed by atoms with Crippen LogP contribution < -0.4 is 15.6 Å². The van der Waals surface area contributed by atoms with Crippen LogP contribution in [0.4, 0.5) is 0 Å². The Balaban J connectivity index is 2.94. The van der Waals surface area contributed by atoms with E-state index in [2.05, 4.69) is 101 Å². The molecule has 24 heavy (non-hydrogen) atoms. The topological polar surface area (TPSA) is 0 Å². The summed E-state index contributed by atoms with van der Waals surface area (Å²) in [6.07, 6.45) is 0. The first-order chi connectivity index (χ1) is 10.8. The fraction of sp³-hybridized carbons (Fsp3) is 0.429. The average molecular weight is 371 g/mol. The molecule has 0 radical (unpaired) electrons. The highest BCUT2D eigenvalue weighted by Crippen LogP contribution is 2.22. The Bertz CT molecular complexity index is 676. The zero-order valence-electron chi connectivity index (χ0n) is 17.0. The van der Waals surface area contributed by atoms with Gasteiger partial charge in [-0.3, -0.25) is 0 Å². The summed E-state index contributed by atoms with van der Waals surface area (Å²) in [5, 5.41) is 4.95. The van der Waals surface area contributed by atoms with E-state index in [1.54, 1.807) is 21.1 Å². The average Bonchev–Trinajstić information content (AvgIpc) is 2.44. The van der Waals surface area contributed by atoms with Crippen LogP contribution in [0.1, 0.15) is 0 Å². The molecular formula is C21H34Si3. The highest BCUT2D eigenvalue weighted by Gasteiger charge is 2.31. The first-order valence-electron chi connectivity index (χ1n) is 9.07. The van der Waals surface area contributed by atoms with Gasteiger partial charge in [0.05, 0.1) is 24.2 Å². The minimum absolute atomic E-state index is 1.33. The maximum Gasteiger partial charge on any atom is 0.0783 e. The van der Waals surface area contributed by atoms with E-state index in [0.29, 0.717) is 0 Å². The molecule has 0 unspecified atom stereocenters. The minimum Gasteiger partial charge on any atom is -0.0656 e. The summed E-state index contributed by atoms with van der Waals surface area (Å²) in [4.78, 5) is 0. The Labute approximate surface area is 152 Å². The summed E-state index contributed by atoms with van der Waals surface area (Å²) in [6, 6.07) is 16.3. The van der Waals surface area contributed by atoms with Crippen molar-refractivity contribution in [3.63, 3.8) is 0 Å². The van der Waals surface area contributed by atoms with Crippen molar-refractivity contribution in [3.05, 3.63) is 42.5 Å². The van der Waals surface area contributed by atoms with Crippen LogP contribution in [-0.2, 0) is 0 Å². The molecule has 2 rings (SSSR count). The van der Waals surface area contributed by atoms with E-state index in [0.717, 1.165) is 0 Å². The van der Waals surface area contributed by atoms with E-state index in [-0.39, 0.29) is 0 Å². The van der Waals surface area contributed by atoms with Crippen molar-refractivity contribution in [2.24, 2.45) is 0 Å². The lowest BCUT2D eigenvalue weighted by Gasteiger charge is -2.32. The molecule has 0 bridgehead atoms. The molecule has 3 heteroatoms. The summed E-state index contributed by atoms with van der Waals surface area (Å²) in [7, 11) is -4.21. The zero-order chi connectivity index (χ0) is 18.3. The number of rotatable bonds is 4. The van der Waals surface area contributed by atoms with Crippen LogP contribution in [0.25, 0.3) is 11.1 Å².